The second-order valence-corrected chi connectivity index (χ2v) is 9.08. The van der Waals surface area contributed by atoms with Crippen molar-refractivity contribution in [1.29, 1.82) is 0 Å². The second-order valence-electron chi connectivity index (χ2n) is 8.67. The number of carbonyl (C=O) groups is 2. The van der Waals surface area contributed by atoms with Gasteiger partial charge in [-0.1, -0.05) is 29.8 Å². The van der Waals surface area contributed by atoms with Gasteiger partial charge in [0, 0.05) is 12.1 Å². The summed E-state index contributed by atoms with van der Waals surface area (Å²) in [4.78, 5) is 28.8. The SMILES string of the molecule is NC(C1=CCC(C(=O)O)CC1)=C1CCC(O)CC1=NC(=O)c1c(Cl)cccc1C1CC1. The maximum Gasteiger partial charge on any atom is 0.306 e. The van der Waals surface area contributed by atoms with Crippen molar-refractivity contribution in [2.75, 3.05) is 0 Å². The van der Waals surface area contributed by atoms with Gasteiger partial charge in [-0.05, 0) is 73.6 Å². The lowest BCUT2D eigenvalue weighted by Gasteiger charge is -2.26. The lowest BCUT2D eigenvalue weighted by molar-refractivity contribution is -0.141. The fourth-order valence-corrected chi connectivity index (χ4v) is 4.75. The Morgan fingerprint density at radius 3 is 2.55 bits per heavy atom. The van der Waals surface area contributed by atoms with E-state index in [2.05, 4.69) is 4.99 Å². The van der Waals surface area contributed by atoms with Crippen LogP contribution in [0.15, 0.2) is 46.1 Å². The van der Waals surface area contributed by atoms with E-state index in [4.69, 9.17) is 17.3 Å². The molecule has 0 saturated heterocycles. The van der Waals surface area contributed by atoms with Crippen molar-refractivity contribution in [1.82, 2.24) is 0 Å². The standard InChI is InChI=1S/C24H27ClN2O4/c25-19-3-1-2-17(13-4-5-13)21(19)23(29)27-20-12-16(28)10-11-18(20)22(26)14-6-8-15(9-7-14)24(30)31/h1-3,6,13,15-16,28H,4-5,7-12,26H2,(H,30,31). The van der Waals surface area contributed by atoms with Gasteiger partial charge in [-0.3, -0.25) is 9.59 Å². The van der Waals surface area contributed by atoms with Crippen LogP contribution in [-0.2, 0) is 4.79 Å². The topological polar surface area (TPSA) is 113 Å². The number of carbonyl (C=O) groups excluding carboxylic acids is 1. The zero-order valence-electron chi connectivity index (χ0n) is 17.3. The predicted octanol–water partition coefficient (Wildman–Crippen LogP) is 4.37. The maximum absolute atomic E-state index is 13.2. The van der Waals surface area contributed by atoms with Gasteiger partial charge < -0.3 is 15.9 Å². The number of nitrogens with zero attached hydrogens (tertiary/aromatic N) is 1. The highest BCUT2D eigenvalue weighted by molar-refractivity contribution is 6.34. The Morgan fingerprint density at radius 1 is 1.13 bits per heavy atom. The molecule has 1 aromatic carbocycles. The maximum atomic E-state index is 13.2. The number of carboxylic acids is 1. The van der Waals surface area contributed by atoms with E-state index < -0.39 is 18.0 Å². The fraction of sp³-hybridized carbons (Fsp3) is 0.458. The summed E-state index contributed by atoms with van der Waals surface area (Å²) in [6, 6.07) is 5.49. The molecule has 2 fully saturated rings. The number of aliphatic hydroxyl groups excluding tert-OH is 1. The van der Waals surface area contributed by atoms with Gasteiger partial charge in [-0.15, -0.1) is 0 Å². The number of amides is 1. The number of allylic oxidation sites excluding steroid dienone is 3. The van der Waals surface area contributed by atoms with Crippen LogP contribution in [0.25, 0.3) is 0 Å². The quantitative estimate of drug-likeness (QED) is 0.640. The average molecular weight is 443 g/mol. The van der Waals surface area contributed by atoms with Crippen molar-refractivity contribution in [3.05, 3.63) is 57.3 Å². The normalized spacial score (nSPS) is 27.0. The Kier molecular flexibility index (Phi) is 6.30. The third-order valence-corrected chi connectivity index (χ3v) is 6.76. The summed E-state index contributed by atoms with van der Waals surface area (Å²) in [5, 5.41) is 19.8. The van der Waals surface area contributed by atoms with Crippen LogP contribution < -0.4 is 5.73 Å². The molecule has 164 valence electrons. The van der Waals surface area contributed by atoms with E-state index in [0.717, 1.165) is 29.6 Å². The van der Waals surface area contributed by atoms with Crippen LogP contribution >= 0.6 is 11.6 Å². The molecule has 2 atom stereocenters. The lowest BCUT2D eigenvalue weighted by atomic mass is 9.83. The van der Waals surface area contributed by atoms with E-state index in [1.54, 1.807) is 6.07 Å². The highest BCUT2D eigenvalue weighted by Gasteiger charge is 2.31. The van der Waals surface area contributed by atoms with E-state index in [-0.39, 0.29) is 12.3 Å². The molecule has 0 spiro atoms. The summed E-state index contributed by atoms with van der Waals surface area (Å²) in [5.74, 6) is -1.22. The number of benzene rings is 1. The van der Waals surface area contributed by atoms with Gasteiger partial charge in [-0.25, -0.2) is 4.99 Å². The number of rotatable bonds is 4. The van der Waals surface area contributed by atoms with Gasteiger partial charge in [0.05, 0.1) is 28.3 Å². The number of hydrogen-bond acceptors (Lipinski definition) is 4. The minimum Gasteiger partial charge on any atom is -0.481 e. The van der Waals surface area contributed by atoms with E-state index in [1.165, 1.54) is 0 Å². The molecule has 31 heavy (non-hydrogen) atoms. The van der Waals surface area contributed by atoms with Crippen molar-refractivity contribution in [3.63, 3.8) is 0 Å². The van der Waals surface area contributed by atoms with E-state index >= 15 is 0 Å². The first-order valence-corrected chi connectivity index (χ1v) is 11.2. The Balaban J connectivity index is 1.67. The molecular weight excluding hydrogens is 416 g/mol. The molecule has 4 N–H and O–H groups in total. The molecule has 0 radical (unpaired) electrons. The summed E-state index contributed by atoms with van der Waals surface area (Å²) in [6.45, 7) is 0. The van der Waals surface area contributed by atoms with Gasteiger partial charge >= 0.3 is 5.97 Å². The molecule has 2 saturated carbocycles. The van der Waals surface area contributed by atoms with Crippen molar-refractivity contribution >= 4 is 29.2 Å². The van der Waals surface area contributed by atoms with Crippen molar-refractivity contribution in [2.45, 2.75) is 63.4 Å². The predicted molar refractivity (Wildman–Crippen MR) is 119 cm³/mol. The highest BCUT2D eigenvalue weighted by Crippen LogP contribution is 2.43. The number of halogens is 1. The Labute approximate surface area is 186 Å². The van der Waals surface area contributed by atoms with Crippen LogP contribution in [0.4, 0.5) is 0 Å². The summed E-state index contributed by atoms with van der Waals surface area (Å²) < 4.78 is 0. The average Bonchev–Trinajstić information content (AvgIpc) is 3.58. The summed E-state index contributed by atoms with van der Waals surface area (Å²) in [5.41, 5.74) is 10.6. The molecule has 0 aromatic heterocycles. The van der Waals surface area contributed by atoms with Crippen LogP contribution in [-0.4, -0.2) is 33.9 Å². The van der Waals surface area contributed by atoms with Crippen LogP contribution in [0.3, 0.4) is 0 Å². The Hall–Kier alpha value is -2.44. The van der Waals surface area contributed by atoms with Crippen LogP contribution in [0, 0.1) is 5.92 Å². The monoisotopic (exact) mass is 442 g/mol. The van der Waals surface area contributed by atoms with Crippen LogP contribution in [0.2, 0.25) is 5.02 Å². The first-order valence-electron chi connectivity index (χ1n) is 10.8. The minimum absolute atomic E-state index is 0.260. The molecule has 0 aliphatic heterocycles. The number of carboxylic acid groups (broad SMARTS) is 1. The first-order chi connectivity index (χ1) is 14.8. The van der Waals surface area contributed by atoms with E-state index in [9.17, 15) is 19.8 Å². The molecule has 1 amide bonds. The smallest absolute Gasteiger partial charge is 0.306 e. The van der Waals surface area contributed by atoms with Gasteiger partial charge in [-0.2, -0.15) is 0 Å². The zero-order valence-corrected chi connectivity index (χ0v) is 18.1. The third kappa shape index (κ3) is 4.75. The van der Waals surface area contributed by atoms with Crippen LogP contribution in [0.1, 0.15) is 73.2 Å². The van der Waals surface area contributed by atoms with Gasteiger partial charge in [0.15, 0.2) is 0 Å². The number of aliphatic imine (C=N–C) groups is 1. The van der Waals surface area contributed by atoms with Gasteiger partial charge in [0.25, 0.3) is 5.91 Å². The van der Waals surface area contributed by atoms with Crippen molar-refractivity contribution in [2.24, 2.45) is 16.6 Å². The molecular formula is C24H27ClN2O4. The molecule has 7 heteroatoms. The minimum atomic E-state index is -0.790. The molecule has 3 aliphatic carbocycles. The Bertz CT molecular complexity index is 1010. The van der Waals surface area contributed by atoms with E-state index in [0.29, 0.717) is 60.0 Å². The molecule has 1 aromatic rings. The largest absolute Gasteiger partial charge is 0.481 e. The van der Waals surface area contributed by atoms with E-state index in [1.807, 2.05) is 18.2 Å². The molecule has 2 unspecified atom stereocenters. The molecule has 0 heterocycles. The fourth-order valence-electron chi connectivity index (χ4n) is 4.48. The Morgan fingerprint density at radius 2 is 1.90 bits per heavy atom. The number of aliphatic carboxylic acids is 1. The second kappa shape index (κ2) is 8.97. The highest BCUT2D eigenvalue weighted by atomic mass is 35.5. The zero-order chi connectivity index (χ0) is 22.1. The van der Waals surface area contributed by atoms with Gasteiger partial charge in [0.2, 0.25) is 0 Å². The van der Waals surface area contributed by atoms with Crippen molar-refractivity contribution in [3.8, 4) is 0 Å². The molecule has 0 bridgehead atoms. The lowest BCUT2D eigenvalue weighted by Crippen LogP contribution is -2.27. The first kappa shape index (κ1) is 21.8. The summed E-state index contributed by atoms with van der Waals surface area (Å²) in [6.07, 6.45) is 6.28. The summed E-state index contributed by atoms with van der Waals surface area (Å²) >= 11 is 6.37. The van der Waals surface area contributed by atoms with Crippen LogP contribution in [0.5, 0.6) is 0 Å². The number of nitrogens with two attached hydrogens (primary N) is 1. The summed E-state index contributed by atoms with van der Waals surface area (Å²) in [7, 11) is 0. The van der Waals surface area contributed by atoms with Crippen molar-refractivity contribution < 1.29 is 19.8 Å². The molecule has 6 nitrogen and oxygen atoms in total. The molecule has 3 aliphatic rings. The number of aliphatic hydroxyl groups is 1. The molecule has 4 rings (SSSR count). The van der Waals surface area contributed by atoms with Gasteiger partial charge in [0.1, 0.15) is 0 Å². The third-order valence-electron chi connectivity index (χ3n) is 6.45. The number of hydrogen-bond donors (Lipinski definition) is 3.